The maximum atomic E-state index is 5.91. The molecule has 1 aromatic carbocycles. The lowest BCUT2D eigenvalue weighted by Gasteiger charge is -1.97. The maximum absolute atomic E-state index is 5.91. The third-order valence-corrected chi connectivity index (χ3v) is 3.31. The fraction of sp³-hybridized carbons (Fsp3) is 0.267. The van der Waals surface area contributed by atoms with Gasteiger partial charge in [0.05, 0.1) is 18.1 Å². The van der Waals surface area contributed by atoms with E-state index in [0.29, 0.717) is 0 Å². The van der Waals surface area contributed by atoms with Crippen LogP contribution in [0.2, 0.25) is 0 Å². The first kappa shape index (κ1) is 9.59. The van der Waals surface area contributed by atoms with Crippen molar-refractivity contribution in [1.82, 2.24) is 0 Å². The molecule has 2 aromatic rings. The van der Waals surface area contributed by atoms with E-state index < -0.39 is 0 Å². The van der Waals surface area contributed by atoms with Crippen LogP contribution >= 0.6 is 0 Å². The quantitative estimate of drug-likeness (QED) is 0.648. The van der Waals surface area contributed by atoms with Crippen molar-refractivity contribution in [2.24, 2.45) is 0 Å². The van der Waals surface area contributed by atoms with Crippen LogP contribution in [0, 0.1) is 6.92 Å². The molecule has 0 spiro atoms. The Morgan fingerprint density at radius 2 is 1.88 bits per heavy atom. The fourth-order valence-electron chi connectivity index (χ4n) is 2.49. The monoisotopic (exact) mass is 211 g/mol. The molecule has 1 heterocycles. The molecule has 1 nitrogen and oxygen atoms in total. The second kappa shape index (κ2) is 3.75. The third kappa shape index (κ3) is 1.53. The summed E-state index contributed by atoms with van der Waals surface area (Å²) in [7, 11) is 0. The van der Waals surface area contributed by atoms with Gasteiger partial charge in [-0.05, 0) is 37.0 Å². The van der Waals surface area contributed by atoms with E-state index in [1.165, 1.54) is 36.0 Å². The summed E-state index contributed by atoms with van der Waals surface area (Å²) in [5.41, 5.74) is 4.07. The van der Waals surface area contributed by atoms with Crippen LogP contribution in [0.15, 0.2) is 40.8 Å². The summed E-state index contributed by atoms with van der Waals surface area (Å²) in [6, 6.07) is 12.5. The van der Waals surface area contributed by atoms with Crippen molar-refractivity contribution in [2.45, 2.75) is 26.2 Å². The SMILES string of the molecule is Cc1[o+]c(-c2ccccc2)cc2c1CCC2. The van der Waals surface area contributed by atoms with Crippen molar-refractivity contribution in [3.8, 4) is 11.3 Å². The Morgan fingerprint density at radius 3 is 2.69 bits per heavy atom. The first-order chi connectivity index (χ1) is 7.84. The molecular formula is C15H15O+. The molecule has 0 radical (unpaired) electrons. The normalized spacial score (nSPS) is 13.8. The zero-order valence-corrected chi connectivity index (χ0v) is 9.49. The maximum Gasteiger partial charge on any atom is 0.360 e. The number of rotatable bonds is 1. The van der Waals surface area contributed by atoms with Crippen molar-refractivity contribution in [2.75, 3.05) is 0 Å². The lowest BCUT2D eigenvalue weighted by atomic mass is 10.1. The van der Waals surface area contributed by atoms with E-state index in [-0.39, 0.29) is 0 Å². The molecule has 0 atom stereocenters. The van der Waals surface area contributed by atoms with Crippen molar-refractivity contribution in [1.29, 1.82) is 0 Å². The predicted octanol–water partition coefficient (Wildman–Crippen LogP) is 4.02. The number of hydrogen-bond donors (Lipinski definition) is 0. The van der Waals surface area contributed by atoms with E-state index in [0.717, 1.165) is 11.5 Å². The molecule has 80 valence electrons. The minimum atomic E-state index is 0.999. The topological polar surface area (TPSA) is 11.3 Å². The summed E-state index contributed by atoms with van der Waals surface area (Å²) in [6.07, 6.45) is 3.65. The summed E-state index contributed by atoms with van der Waals surface area (Å²) in [6.45, 7) is 2.08. The average molecular weight is 211 g/mol. The molecule has 1 aliphatic carbocycles. The van der Waals surface area contributed by atoms with Crippen LogP contribution in [-0.2, 0) is 12.8 Å². The highest BCUT2D eigenvalue weighted by atomic mass is 16.3. The van der Waals surface area contributed by atoms with Crippen molar-refractivity contribution >= 4 is 0 Å². The lowest BCUT2D eigenvalue weighted by molar-refractivity contribution is 0.523. The van der Waals surface area contributed by atoms with E-state index in [9.17, 15) is 0 Å². The van der Waals surface area contributed by atoms with Crippen LogP contribution in [-0.4, -0.2) is 0 Å². The Labute approximate surface area is 95.7 Å². The van der Waals surface area contributed by atoms with Gasteiger partial charge in [0.25, 0.3) is 0 Å². The number of aryl methyl sites for hydroxylation is 2. The van der Waals surface area contributed by atoms with Gasteiger partial charge in [0.1, 0.15) is 0 Å². The van der Waals surface area contributed by atoms with Gasteiger partial charge in [-0.3, -0.25) is 0 Å². The minimum Gasteiger partial charge on any atom is -0.212 e. The smallest absolute Gasteiger partial charge is 0.212 e. The van der Waals surface area contributed by atoms with Gasteiger partial charge >= 0.3 is 11.5 Å². The highest BCUT2D eigenvalue weighted by Crippen LogP contribution is 2.30. The van der Waals surface area contributed by atoms with Crippen molar-refractivity contribution in [3.63, 3.8) is 0 Å². The molecule has 3 rings (SSSR count). The molecule has 16 heavy (non-hydrogen) atoms. The standard InChI is InChI=1S/C15H15O/c1-11-14-9-5-8-13(14)10-15(16-11)12-6-3-2-4-7-12/h2-4,6-7,10H,5,8-9H2,1H3/q+1. The van der Waals surface area contributed by atoms with Crippen LogP contribution in [0.5, 0.6) is 0 Å². The zero-order chi connectivity index (χ0) is 11.0. The number of fused-ring (bicyclic) bond motifs is 1. The Morgan fingerprint density at radius 1 is 1.06 bits per heavy atom. The molecule has 0 fully saturated rings. The van der Waals surface area contributed by atoms with Gasteiger partial charge in [-0.25, -0.2) is 4.42 Å². The molecule has 1 heteroatoms. The molecule has 0 saturated heterocycles. The van der Waals surface area contributed by atoms with E-state index >= 15 is 0 Å². The highest BCUT2D eigenvalue weighted by Gasteiger charge is 2.24. The Balaban J connectivity index is 2.13. The summed E-state index contributed by atoms with van der Waals surface area (Å²) in [5.74, 6) is 2.09. The molecule has 0 amide bonds. The average Bonchev–Trinajstić information content (AvgIpc) is 2.79. The second-order valence-electron chi connectivity index (χ2n) is 4.39. The molecule has 0 bridgehead atoms. The van der Waals surface area contributed by atoms with E-state index in [4.69, 9.17) is 4.42 Å². The van der Waals surface area contributed by atoms with E-state index in [1.807, 2.05) is 18.2 Å². The van der Waals surface area contributed by atoms with Gasteiger partial charge in [-0.1, -0.05) is 18.2 Å². The van der Waals surface area contributed by atoms with Crippen molar-refractivity contribution in [3.05, 3.63) is 53.3 Å². The Hall–Kier alpha value is -1.63. The van der Waals surface area contributed by atoms with Crippen LogP contribution in [0.25, 0.3) is 11.3 Å². The Bertz CT molecular complexity index is 514. The lowest BCUT2D eigenvalue weighted by Crippen LogP contribution is -1.89. The van der Waals surface area contributed by atoms with Gasteiger partial charge in [0.2, 0.25) is 0 Å². The number of hydrogen-bond acceptors (Lipinski definition) is 0. The summed E-state index contributed by atoms with van der Waals surface area (Å²) < 4.78 is 5.91. The van der Waals surface area contributed by atoms with Gasteiger partial charge in [0.15, 0.2) is 0 Å². The minimum absolute atomic E-state index is 0.999. The van der Waals surface area contributed by atoms with Crippen LogP contribution in [0.3, 0.4) is 0 Å². The molecular weight excluding hydrogens is 196 g/mol. The van der Waals surface area contributed by atoms with Crippen LogP contribution in [0.4, 0.5) is 0 Å². The van der Waals surface area contributed by atoms with E-state index in [2.05, 4.69) is 25.1 Å². The van der Waals surface area contributed by atoms with Gasteiger partial charge < -0.3 is 0 Å². The highest BCUT2D eigenvalue weighted by molar-refractivity contribution is 5.59. The predicted molar refractivity (Wildman–Crippen MR) is 65.3 cm³/mol. The second-order valence-corrected chi connectivity index (χ2v) is 4.39. The number of benzene rings is 1. The Kier molecular flexibility index (Phi) is 2.24. The first-order valence-electron chi connectivity index (χ1n) is 5.85. The third-order valence-electron chi connectivity index (χ3n) is 3.31. The molecule has 0 unspecified atom stereocenters. The summed E-state index contributed by atoms with van der Waals surface area (Å²) in [4.78, 5) is 0. The van der Waals surface area contributed by atoms with Crippen LogP contribution in [0.1, 0.15) is 23.3 Å². The van der Waals surface area contributed by atoms with Crippen LogP contribution < -0.4 is 0 Å². The first-order valence-corrected chi connectivity index (χ1v) is 5.85. The molecule has 0 saturated carbocycles. The van der Waals surface area contributed by atoms with Gasteiger partial charge in [-0.15, -0.1) is 0 Å². The van der Waals surface area contributed by atoms with Gasteiger partial charge in [-0.2, -0.15) is 0 Å². The summed E-state index contributed by atoms with van der Waals surface area (Å²) in [5, 5.41) is 0. The molecule has 0 N–H and O–H groups in total. The molecule has 1 aliphatic rings. The van der Waals surface area contributed by atoms with Gasteiger partial charge in [0, 0.05) is 6.07 Å². The largest absolute Gasteiger partial charge is 0.360 e. The fourth-order valence-corrected chi connectivity index (χ4v) is 2.49. The zero-order valence-electron chi connectivity index (χ0n) is 9.49. The molecule has 0 aliphatic heterocycles. The molecule has 1 aromatic heterocycles. The van der Waals surface area contributed by atoms with E-state index in [1.54, 1.807) is 0 Å². The summed E-state index contributed by atoms with van der Waals surface area (Å²) >= 11 is 0. The van der Waals surface area contributed by atoms with Crippen molar-refractivity contribution < 1.29 is 4.42 Å².